The van der Waals surface area contributed by atoms with Crippen LogP contribution in [-0.4, -0.2) is 0 Å². The predicted molar refractivity (Wildman–Crippen MR) is 286 cm³/mol. The second kappa shape index (κ2) is 14.0. The summed E-state index contributed by atoms with van der Waals surface area (Å²) in [6.07, 6.45) is 0. The molecule has 0 N–H and O–H groups in total. The fourth-order valence-corrected chi connectivity index (χ4v) is 12.8. The second-order valence-electron chi connectivity index (χ2n) is 17.7. The number of rotatable bonds is 4. The van der Waals surface area contributed by atoms with Crippen LogP contribution in [0.1, 0.15) is 0 Å². The van der Waals surface area contributed by atoms with Crippen molar-refractivity contribution in [2.45, 2.75) is 0 Å². The van der Waals surface area contributed by atoms with Crippen molar-refractivity contribution in [2.24, 2.45) is 0 Å². The van der Waals surface area contributed by atoms with E-state index in [9.17, 15) is 0 Å². The summed E-state index contributed by atoms with van der Waals surface area (Å²) in [5, 5.41) is 17.0. The van der Waals surface area contributed by atoms with Crippen LogP contribution in [0.25, 0.3) is 152 Å². The number of hydrogen-bond acceptors (Lipinski definition) is 3. The summed E-state index contributed by atoms with van der Waals surface area (Å²) in [6.45, 7) is 0. The van der Waals surface area contributed by atoms with Gasteiger partial charge in [-0.25, -0.2) is 0 Å². The van der Waals surface area contributed by atoms with Gasteiger partial charge in [0.15, 0.2) is 0 Å². The Bertz CT molecular complexity index is 4470. The van der Waals surface area contributed by atoms with Gasteiger partial charge in [0.05, 0.1) is 0 Å². The highest BCUT2D eigenvalue weighted by atomic mass is 32.1. The molecule has 67 heavy (non-hydrogen) atoms. The van der Waals surface area contributed by atoms with Gasteiger partial charge in [0.2, 0.25) is 0 Å². The minimum absolute atomic E-state index is 0.905. The molecule has 0 radical (unpaired) electrons. The van der Waals surface area contributed by atoms with Crippen LogP contribution in [0.3, 0.4) is 0 Å². The van der Waals surface area contributed by atoms with Crippen molar-refractivity contribution in [1.82, 2.24) is 0 Å². The molecule has 0 saturated carbocycles. The van der Waals surface area contributed by atoms with Gasteiger partial charge in [-0.15, -0.1) is 11.3 Å². The van der Waals surface area contributed by atoms with Crippen molar-refractivity contribution in [2.75, 3.05) is 0 Å². The summed E-state index contributed by atoms with van der Waals surface area (Å²) in [6, 6.07) is 79.7. The molecule has 0 spiro atoms. The van der Waals surface area contributed by atoms with Gasteiger partial charge in [0.1, 0.15) is 22.3 Å². The summed E-state index contributed by atoms with van der Waals surface area (Å²) >= 11 is 1.91. The van der Waals surface area contributed by atoms with Gasteiger partial charge in [0.25, 0.3) is 0 Å². The molecule has 0 unspecified atom stereocenters. The van der Waals surface area contributed by atoms with E-state index in [0.29, 0.717) is 0 Å². The van der Waals surface area contributed by atoms with Gasteiger partial charge in [0, 0.05) is 47.3 Å². The molecule has 0 atom stereocenters. The Labute approximate surface area is 388 Å². The van der Waals surface area contributed by atoms with Gasteiger partial charge in [-0.3, -0.25) is 0 Å². The Morgan fingerprint density at radius 1 is 0.254 bits per heavy atom. The topological polar surface area (TPSA) is 26.3 Å². The Hall–Kier alpha value is -8.50. The summed E-state index contributed by atoms with van der Waals surface area (Å²) in [7, 11) is 0. The maximum atomic E-state index is 6.43. The Balaban J connectivity index is 0.962. The molecule has 0 bridgehead atoms. The molecule has 310 valence electrons. The standard InChI is InChI=1S/C64H36O2S/c1-3-18-41-39(16-1)58(40-17-2-4-19-42(40)59(41)50-27-14-32-55-62(50)48-24-9-11-30-53(48)65-55)37-34-35-38-47-26-13-29-52(64(47)67-57(38)36-37)61-45-22-7-5-20-43(45)60(44-21-6-8-23-46(44)61)51-28-15-33-56-63(51)49-25-10-12-31-54(49)66-56/h1-36H. The third-order valence-corrected chi connectivity index (χ3v) is 15.5. The second-order valence-corrected chi connectivity index (χ2v) is 18.8. The SMILES string of the molecule is c1ccc2c(c1)oc1cccc(-c3c4ccccc4c(-c4ccc5c(c4)sc4c(-c6c7ccccc7c(-c7cccc8oc9ccccc9c78)c7ccccc67)cccc45)c4ccccc34)c12. The van der Waals surface area contributed by atoms with Gasteiger partial charge < -0.3 is 8.83 Å². The zero-order chi connectivity index (χ0) is 43.7. The van der Waals surface area contributed by atoms with Crippen molar-refractivity contribution in [1.29, 1.82) is 0 Å². The van der Waals surface area contributed by atoms with Crippen LogP contribution in [0, 0.1) is 0 Å². The number of para-hydroxylation sites is 2. The van der Waals surface area contributed by atoms with Crippen molar-refractivity contribution in [3.05, 3.63) is 218 Å². The van der Waals surface area contributed by atoms with E-state index < -0.39 is 0 Å². The van der Waals surface area contributed by atoms with E-state index in [4.69, 9.17) is 8.83 Å². The summed E-state index contributed by atoms with van der Waals surface area (Å²) in [5.74, 6) is 0. The monoisotopic (exact) mass is 868 g/mol. The number of thiophene rings is 1. The zero-order valence-corrected chi connectivity index (χ0v) is 36.8. The van der Waals surface area contributed by atoms with Crippen molar-refractivity contribution in [3.63, 3.8) is 0 Å². The van der Waals surface area contributed by atoms with Crippen molar-refractivity contribution >= 4 is 118 Å². The number of hydrogen-bond donors (Lipinski definition) is 0. The van der Waals surface area contributed by atoms with E-state index in [2.05, 4.69) is 206 Å². The Kier molecular flexibility index (Phi) is 7.69. The smallest absolute Gasteiger partial charge is 0.136 e. The first-order valence-corrected chi connectivity index (χ1v) is 23.7. The first kappa shape index (κ1) is 36.8. The van der Waals surface area contributed by atoms with E-state index in [1.807, 2.05) is 23.5 Å². The molecular formula is C64H36O2S. The lowest BCUT2D eigenvalue weighted by molar-refractivity contribution is 0.668. The van der Waals surface area contributed by atoms with Gasteiger partial charge in [-0.2, -0.15) is 0 Å². The number of benzene rings is 12. The lowest BCUT2D eigenvalue weighted by Gasteiger charge is -2.18. The van der Waals surface area contributed by atoms with Gasteiger partial charge in [-0.1, -0.05) is 188 Å². The highest BCUT2D eigenvalue weighted by molar-refractivity contribution is 7.26. The first-order valence-electron chi connectivity index (χ1n) is 22.9. The highest BCUT2D eigenvalue weighted by Crippen LogP contribution is 2.51. The molecular weight excluding hydrogens is 833 g/mol. The van der Waals surface area contributed by atoms with Crippen LogP contribution < -0.4 is 0 Å². The normalized spacial score (nSPS) is 12.2. The third-order valence-electron chi connectivity index (χ3n) is 14.3. The Morgan fingerprint density at radius 2 is 0.612 bits per heavy atom. The molecule has 0 fully saturated rings. The maximum absolute atomic E-state index is 6.43. The average Bonchev–Trinajstić information content (AvgIpc) is 4.09. The molecule has 0 aliphatic carbocycles. The first-order chi connectivity index (χ1) is 33.3. The predicted octanol–water partition coefficient (Wildman–Crippen LogP) is 19.1. The van der Waals surface area contributed by atoms with Crippen molar-refractivity contribution in [3.8, 4) is 44.5 Å². The van der Waals surface area contributed by atoms with Crippen LogP contribution in [0.2, 0.25) is 0 Å². The minimum atomic E-state index is 0.905. The van der Waals surface area contributed by atoms with E-state index in [1.165, 1.54) is 108 Å². The molecule has 3 heteroatoms. The summed E-state index contributed by atoms with van der Waals surface area (Å²) < 4.78 is 15.4. The fraction of sp³-hybridized carbons (Fsp3) is 0. The molecule has 3 heterocycles. The van der Waals surface area contributed by atoms with Crippen molar-refractivity contribution < 1.29 is 8.83 Å². The van der Waals surface area contributed by atoms with E-state index in [1.54, 1.807) is 0 Å². The van der Waals surface area contributed by atoms with Crippen LogP contribution in [0.5, 0.6) is 0 Å². The van der Waals surface area contributed by atoms with E-state index >= 15 is 0 Å². The number of furan rings is 2. The molecule has 0 amide bonds. The van der Waals surface area contributed by atoms with Gasteiger partial charge >= 0.3 is 0 Å². The van der Waals surface area contributed by atoms with Crippen LogP contribution in [0.15, 0.2) is 227 Å². The molecule has 3 aromatic heterocycles. The van der Waals surface area contributed by atoms with Gasteiger partial charge in [-0.05, 0) is 112 Å². The molecule has 0 saturated heterocycles. The maximum Gasteiger partial charge on any atom is 0.136 e. The molecule has 0 aliphatic rings. The molecule has 15 aromatic rings. The average molecular weight is 869 g/mol. The Morgan fingerprint density at radius 3 is 1.09 bits per heavy atom. The molecule has 2 nitrogen and oxygen atoms in total. The lowest BCUT2D eigenvalue weighted by Crippen LogP contribution is -1.91. The fourth-order valence-electron chi connectivity index (χ4n) is 11.6. The quantitative estimate of drug-likeness (QED) is 0.165. The lowest BCUT2D eigenvalue weighted by atomic mass is 9.84. The van der Waals surface area contributed by atoms with E-state index in [0.717, 1.165) is 43.9 Å². The molecule has 12 aromatic carbocycles. The van der Waals surface area contributed by atoms with E-state index in [-0.39, 0.29) is 0 Å². The van der Waals surface area contributed by atoms with Crippen LogP contribution >= 0.6 is 11.3 Å². The largest absolute Gasteiger partial charge is 0.456 e. The number of fused-ring (bicyclic) bond motifs is 13. The molecule has 15 rings (SSSR count). The summed E-state index contributed by atoms with van der Waals surface area (Å²) in [4.78, 5) is 0. The highest BCUT2D eigenvalue weighted by Gasteiger charge is 2.24. The third kappa shape index (κ3) is 5.20. The zero-order valence-electron chi connectivity index (χ0n) is 36.0. The summed E-state index contributed by atoms with van der Waals surface area (Å²) in [5.41, 5.74) is 13.5. The van der Waals surface area contributed by atoms with Crippen LogP contribution in [-0.2, 0) is 0 Å². The molecule has 0 aliphatic heterocycles. The minimum Gasteiger partial charge on any atom is -0.456 e. The van der Waals surface area contributed by atoms with Crippen LogP contribution in [0.4, 0.5) is 0 Å².